The van der Waals surface area contributed by atoms with Crippen LogP contribution in [0.2, 0.25) is 0 Å². The third-order valence-electron chi connectivity index (χ3n) is 5.65. The smallest absolute Gasteiger partial charge is 0.329 e. The Hall–Kier alpha value is -1.45. The lowest BCUT2D eigenvalue weighted by molar-refractivity contribution is -0.134. The molecule has 0 N–H and O–H groups in total. The number of alkyl halides is 1. The van der Waals surface area contributed by atoms with Crippen molar-refractivity contribution >= 4 is 29.3 Å². The summed E-state index contributed by atoms with van der Waals surface area (Å²) in [5.41, 5.74) is 2.26. The molecule has 1 unspecified atom stereocenters. The lowest BCUT2D eigenvalue weighted by Crippen LogP contribution is -2.26. The average molecular weight is 461 g/mol. The van der Waals surface area contributed by atoms with Crippen molar-refractivity contribution in [3.05, 3.63) is 48.5 Å². The summed E-state index contributed by atoms with van der Waals surface area (Å²) in [6.45, 7) is 6.24. The van der Waals surface area contributed by atoms with Crippen LogP contribution in [0.3, 0.4) is 0 Å². The van der Waals surface area contributed by atoms with Gasteiger partial charge in [-0.1, -0.05) is 90.0 Å². The summed E-state index contributed by atoms with van der Waals surface area (Å²) in [5.74, 6) is 1.43. The van der Waals surface area contributed by atoms with E-state index < -0.39 is 5.38 Å². The van der Waals surface area contributed by atoms with Crippen LogP contribution in [0.5, 0.6) is 5.75 Å². The molecule has 0 saturated heterocycles. The maximum absolute atomic E-state index is 12.1. The van der Waals surface area contributed by atoms with Gasteiger partial charge in [-0.05, 0) is 53.5 Å². The van der Waals surface area contributed by atoms with Gasteiger partial charge in [-0.25, -0.2) is 0 Å². The van der Waals surface area contributed by atoms with E-state index in [0.29, 0.717) is 5.75 Å². The van der Waals surface area contributed by atoms with Gasteiger partial charge >= 0.3 is 5.97 Å². The lowest BCUT2D eigenvalue weighted by atomic mass is 10.0. The fourth-order valence-electron chi connectivity index (χ4n) is 3.32. The Balaban J connectivity index is 1.77. The Kier molecular flexibility index (Phi) is 12.1. The number of carbonyl (C=O) groups excluding carboxylic acids is 1. The fraction of sp³-hybridized carbons (Fsp3) is 0.519. The summed E-state index contributed by atoms with van der Waals surface area (Å²) in [5, 5.41) is -0.615. The molecule has 0 bridgehead atoms. The van der Waals surface area contributed by atoms with Crippen molar-refractivity contribution in [2.45, 2.75) is 82.4 Å². The Morgan fingerprint density at radius 3 is 2.00 bits per heavy atom. The van der Waals surface area contributed by atoms with Crippen LogP contribution < -0.4 is 4.74 Å². The summed E-state index contributed by atoms with van der Waals surface area (Å²) in [6, 6.07) is 16.3. The molecular formula is C27H37ClO2S. The van der Waals surface area contributed by atoms with E-state index in [1.165, 1.54) is 55.6 Å². The first-order chi connectivity index (χ1) is 15.0. The first-order valence-electron chi connectivity index (χ1n) is 11.7. The third kappa shape index (κ3) is 9.29. The Bertz CT molecular complexity index is 758. The highest BCUT2D eigenvalue weighted by Crippen LogP contribution is 2.27. The van der Waals surface area contributed by atoms with E-state index >= 15 is 0 Å². The Labute approximate surface area is 198 Å². The van der Waals surface area contributed by atoms with E-state index in [-0.39, 0.29) is 11.9 Å². The lowest BCUT2D eigenvalue weighted by Gasteiger charge is -2.15. The van der Waals surface area contributed by atoms with Gasteiger partial charge in [0.1, 0.15) is 11.1 Å². The molecule has 2 atom stereocenters. The topological polar surface area (TPSA) is 26.3 Å². The van der Waals surface area contributed by atoms with Crippen LogP contribution in [0, 0.1) is 5.92 Å². The molecule has 4 heteroatoms. The van der Waals surface area contributed by atoms with Crippen molar-refractivity contribution in [1.29, 1.82) is 0 Å². The minimum Gasteiger partial charge on any atom is -0.425 e. The number of benzene rings is 2. The van der Waals surface area contributed by atoms with Gasteiger partial charge in [-0.15, -0.1) is 23.4 Å². The number of unbranched alkanes of at least 4 members (excludes halogenated alkanes) is 6. The molecule has 0 aliphatic carbocycles. The number of hydrogen-bond donors (Lipinski definition) is 0. The molecule has 2 rings (SSSR count). The quantitative estimate of drug-likeness (QED) is 0.0925. The normalized spacial score (nSPS) is 13.0. The second kappa shape index (κ2) is 14.6. The molecule has 0 aliphatic heterocycles. The number of carbonyl (C=O) groups is 1. The van der Waals surface area contributed by atoms with Crippen molar-refractivity contribution in [3.63, 3.8) is 0 Å². The Morgan fingerprint density at radius 1 is 0.871 bits per heavy atom. The molecule has 0 fully saturated rings. The highest BCUT2D eigenvalue weighted by Gasteiger charge is 2.23. The summed E-state index contributed by atoms with van der Waals surface area (Å²) in [6.07, 6.45) is 10.3. The monoisotopic (exact) mass is 460 g/mol. The van der Waals surface area contributed by atoms with Crippen LogP contribution in [-0.4, -0.2) is 17.1 Å². The van der Waals surface area contributed by atoms with Gasteiger partial charge in [-0.3, -0.25) is 4.79 Å². The molecule has 0 radical (unpaired) electrons. The molecule has 0 spiro atoms. The molecule has 0 saturated carbocycles. The third-order valence-corrected chi connectivity index (χ3v) is 7.35. The molecule has 31 heavy (non-hydrogen) atoms. The number of esters is 1. The zero-order valence-corrected chi connectivity index (χ0v) is 20.8. The van der Waals surface area contributed by atoms with Crippen molar-refractivity contribution in [3.8, 4) is 16.9 Å². The highest BCUT2D eigenvalue weighted by molar-refractivity contribution is 7.99. The van der Waals surface area contributed by atoms with E-state index in [4.69, 9.17) is 16.3 Å². The van der Waals surface area contributed by atoms with Crippen LogP contribution in [0.15, 0.2) is 53.4 Å². The van der Waals surface area contributed by atoms with Crippen molar-refractivity contribution in [2.24, 2.45) is 5.92 Å². The van der Waals surface area contributed by atoms with Crippen LogP contribution >= 0.6 is 23.4 Å². The van der Waals surface area contributed by atoms with Gasteiger partial charge in [0.25, 0.3) is 0 Å². The molecule has 2 aromatic rings. The van der Waals surface area contributed by atoms with Crippen molar-refractivity contribution in [1.82, 2.24) is 0 Å². The summed E-state index contributed by atoms with van der Waals surface area (Å²) in [4.78, 5) is 13.5. The van der Waals surface area contributed by atoms with Crippen LogP contribution in [0.4, 0.5) is 0 Å². The molecule has 0 aromatic heterocycles. The maximum Gasteiger partial charge on any atom is 0.329 e. The Morgan fingerprint density at radius 2 is 1.42 bits per heavy atom. The molecule has 0 heterocycles. The molecular weight excluding hydrogens is 424 g/mol. The molecule has 2 nitrogen and oxygen atoms in total. The minimum absolute atomic E-state index is 0.0932. The standard InChI is InChI=1S/C27H37ClO2S/c1-4-6-7-8-9-10-11-20-31-25-18-14-23(15-19-25)22-12-16-24(17-13-22)30-27(29)26(28)21(3)5-2/h12-19,21,26H,4-11,20H2,1-3H3/t21?,26-/m0/s1. The minimum atomic E-state index is -0.615. The van der Waals surface area contributed by atoms with Crippen LogP contribution in [0.25, 0.3) is 11.1 Å². The number of hydrogen-bond acceptors (Lipinski definition) is 3. The summed E-state index contributed by atoms with van der Waals surface area (Å²) < 4.78 is 5.43. The van der Waals surface area contributed by atoms with Gasteiger partial charge in [0.2, 0.25) is 0 Å². The average Bonchev–Trinajstić information content (AvgIpc) is 2.80. The van der Waals surface area contributed by atoms with Gasteiger partial charge in [0, 0.05) is 4.90 Å². The first-order valence-corrected chi connectivity index (χ1v) is 13.2. The fourth-order valence-corrected chi connectivity index (χ4v) is 4.46. The van der Waals surface area contributed by atoms with Gasteiger partial charge in [0.05, 0.1) is 0 Å². The maximum atomic E-state index is 12.1. The van der Waals surface area contributed by atoms with E-state index in [1.807, 2.05) is 49.9 Å². The van der Waals surface area contributed by atoms with Gasteiger partial charge < -0.3 is 4.74 Å². The second-order valence-electron chi connectivity index (χ2n) is 8.23. The number of rotatable bonds is 14. The molecule has 170 valence electrons. The molecule has 2 aromatic carbocycles. The SMILES string of the molecule is CCCCCCCCCSc1ccc(-c2ccc(OC(=O)[C@@H](Cl)C(C)CC)cc2)cc1. The number of ether oxygens (including phenoxy) is 1. The van der Waals surface area contributed by atoms with Crippen molar-refractivity contribution in [2.75, 3.05) is 5.75 Å². The van der Waals surface area contributed by atoms with E-state index in [9.17, 15) is 4.79 Å². The van der Waals surface area contributed by atoms with Crippen LogP contribution in [-0.2, 0) is 4.79 Å². The zero-order chi connectivity index (χ0) is 22.5. The second-order valence-corrected chi connectivity index (χ2v) is 9.87. The predicted octanol–water partition coefficient (Wildman–Crippen LogP) is 8.76. The van der Waals surface area contributed by atoms with Gasteiger partial charge in [-0.2, -0.15) is 0 Å². The number of halogens is 1. The van der Waals surface area contributed by atoms with E-state index in [1.54, 1.807) is 0 Å². The summed E-state index contributed by atoms with van der Waals surface area (Å²) in [7, 11) is 0. The van der Waals surface area contributed by atoms with Crippen LogP contribution in [0.1, 0.15) is 72.1 Å². The zero-order valence-electron chi connectivity index (χ0n) is 19.2. The van der Waals surface area contributed by atoms with E-state index in [0.717, 1.165) is 17.5 Å². The first kappa shape index (κ1) is 25.8. The summed E-state index contributed by atoms with van der Waals surface area (Å²) >= 11 is 8.12. The van der Waals surface area contributed by atoms with Gasteiger partial charge in [0.15, 0.2) is 0 Å². The molecule has 0 amide bonds. The van der Waals surface area contributed by atoms with E-state index in [2.05, 4.69) is 31.2 Å². The predicted molar refractivity (Wildman–Crippen MR) is 135 cm³/mol. The number of thioether (sulfide) groups is 1. The largest absolute Gasteiger partial charge is 0.425 e. The highest BCUT2D eigenvalue weighted by atomic mass is 35.5. The van der Waals surface area contributed by atoms with Crippen molar-refractivity contribution < 1.29 is 9.53 Å². The molecule has 0 aliphatic rings.